The van der Waals surface area contributed by atoms with Crippen LogP contribution in [-0.4, -0.2) is 16.4 Å². The molecule has 0 bridgehead atoms. The highest BCUT2D eigenvalue weighted by molar-refractivity contribution is 7.87. The van der Waals surface area contributed by atoms with E-state index in [1.165, 1.54) is 42.9 Å². The van der Waals surface area contributed by atoms with Gasteiger partial charge in [-0.2, -0.15) is 0 Å². The van der Waals surface area contributed by atoms with Crippen molar-refractivity contribution in [3.8, 4) is 5.75 Å². The van der Waals surface area contributed by atoms with Gasteiger partial charge in [-0.1, -0.05) is 0 Å². The standard InChI is InChI=1S/C14H12O5S/c1-9(15)18-10-3-4-14-12(7-10)13(16)8-11(19-14)5-6-20(2)17/h3-8H,1-2H3/b6-5+. The van der Waals surface area contributed by atoms with Gasteiger partial charge in [-0.3, -0.25) is 13.8 Å². The van der Waals surface area contributed by atoms with Crippen molar-refractivity contribution in [1.82, 2.24) is 0 Å². The SMILES string of the molecule is CC(=O)Oc1ccc2oc(/C=C/S(C)=O)cc(=O)c2c1. The van der Waals surface area contributed by atoms with Crippen molar-refractivity contribution in [2.45, 2.75) is 6.92 Å². The quantitative estimate of drug-likeness (QED) is 0.639. The Morgan fingerprint density at radius 1 is 1.35 bits per heavy atom. The summed E-state index contributed by atoms with van der Waals surface area (Å²) >= 11 is 0. The van der Waals surface area contributed by atoms with Crippen LogP contribution in [0.3, 0.4) is 0 Å². The number of carbonyl (C=O) groups is 1. The molecule has 2 aromatic rings. The fraction of sp³-hybridized carbons (Fsp3) is 0.143. The van der Waals surface area contributed by atoms with Gasteiger partial charge in [0.05, 0.1) is 5.39 Å². The van der Waals surface area contributed by atoms with Gasteiger partial charge in [-0.15, -0.1) is 0 Å². The lowest BCUT2D eigenvalue weighted by Crippen LogP contribution is -2.04. The highest BCUT2D eigenvalue weighted by atomic mass is 32.2. The van der Waals surface area contributed by atoms with E-state index in [0.717, 1.165) is 0 Å². The largest absolute Gasteiger partial charge is 0.456 e. The molecule has 1 atom stereocenters. The van der Waals surface area contributed by atoms with E-state index in [1.807, 2.05) is 0 Å². The maximum absolute atomic E-state index is 12.0. The molecule has 6 heteroatoms. The van der Waals surface area contributed by atoms with Gasteiger partial charge in [-0.25, -0.2) is 0 Å². The molecular formula is C14H12O5S. The Balaban J connectivity index is 2.49. The monoisotopic (exact) mass is 292 g/mol. The maximum atomic E-state index is 12.0. The summed E-state index contributed by atoms with van der Waals surface area (Å²) in [6, 6.07) is 5.84. The van der Waals surface area contributed by atoms with Crippen LogP contribution < -0.4 is 10.2 Å². The van der Waals surface area contributed by atoms with Crippen molar-refractivity contribution >= 4 is 33.8 Å². The zero-order chi connectivity index (χ0) is 14.7. The molecule has 0 fully saturated rings. The molecule has 0 amide bonds. The van der Waals surface area contributed by atoms with Gasteiger partial charge in [0.1, 0.15) is 17.1 Å². The highest BCUT2D eigenvalue weighted by Crippen LogP contribution is 2.20. The number of benzene rings is 1. The number of rotatable bonds is 3. The zero-order valence-corrected chi connectivity index (χ0v) is 11.7. The second kappa shape index (κ2) is 5.83. The van der Waals surface area contributed by atoms with Crippen molar-refractivity contribution in [3.63, 3.8) is 0 Å². The zero-order valence-electron chi connectivity index (χ0n) is 10.9. The first-order valence-corrected chi connectivity index (χ1v) is 7.34. The Labute approximate surface area is 117 Å². The average Bonchev–Trinajstić information content (AvgIpc) is 2.36. The minimum Gasteiger partial charge on any atom is -0.456 e. The van der Waals surface area contributed by atoms with Gasteiger partial charge < -0.3 is 9.15 Å². The predicted octanol–water partition coefficient (Wildman–Crippen LogP) is 2.07. The van der Waals surface area contributed by atoms with Crippen molar-refractivity contribution < 1.29 is 18.2 Å². The van der Waals surface area contributed by atoms with Crippen LogP contribution in [0.1, 0.15) is 12.7 Å². The van der Waals surface area contributed by atoms with Gasteiger partial charge in [0.15, 0.2) is 5.43 Å². The van der Waals surface area contributed by atoms with Gasteiger partial charge in [0, 0.05) is 35.5 Å². The number of hydrogen-bond acceptors (Lipinski definition) is 5. The van der Waals surface area contributed by atoms with Crippen LogP contribution in [0, 0.1) is 0 Å². The van der Waals surface area contributed by atoms with E-state index in [9.17, 15) is 13.8 Å². The Bertz CT molecular complexity index is 773. The van der Waals surface area contributed by atoms with Crippen LogP contribution >= 0.6 is 0 Å². The molecule has 0 saturated carbocycles. The first kappa shape index (κ1) is 14.2. The third kappa shape index (κ3) is 3.42. The van der Waals surface area contributed by atoms with Crippen LogP contribution in [0.25, 0.3) is 17.0 Å². The molecule has 1 unspecified atom stereocenters. The normalized spacial score (nSPS) is 12.7. The van der Waals surface area contributed by atoms with Crippen LogP contribution in [0.15, 0.2) is 38.9 Å². The van der Waals surface area contributed by atoms with E-state index in [0.29, 0.717) is 16.7 Å². The molecular weight excluding hydrogens is 280 g/mol. The predicted molar refractivity (Wildman–Crippen MR) is 76.9 cm³/mol. The first-order valence-electron chi connectivity index (χ1n) is 5.72. The van der Waals surface area contributed by atoms with Crippen LogP contribution in [0.2, 0.25) is 0 Å². The average molecular weight is 292 g/mol. The van der Waals surface area contributed by atoms with E-state index in [1.54, 1.807) is 6.07 Å². The summed E-state index contributed by atoms with van der Waals surface area (Å²) in [7, 11) is -1.12. The van der Waals surface area contributed by atoms with Gasteiger partial charge in [-0.05, 0) is 24.3 Å². The summed E-state index contributed by atoms with van der Waals surface area (Å²) in [5, 5.41) is 1.75. The molecule has 0 aliphatic carbocycles. The van der Waals surface area contributed by atoms with Crippen LogP contribution in [0.5, 0.6) is 5.75 Å². The van der Waals surface area contributed by atoms with E-state index < -0.39 is 16.8 Å². The van der Waals surface area contributed by atoms with E-state index in [-0.39, 0.29) is 11.2 Å². The molecule has 0 spiro atoms. The molecule has 0 aliphatic heterocycles. The molecule has 0 aliphatic rings. The molecule has 0 radical (unpaired) electrons. The Hall–Kier alpha value is -2.21. The number of carbonyl (C=O) groups excluding carboxylic acids is 1. The fourth-order valence-electron chi connectivity index (χ4n) is 1.63. The summed E-state index contributed by atoms with van der Waals surface area (Å²) in [6.45, 7) is 1.28. The minimum atomic E-state index is -1.12. The number of ether oxygens (including phenoxy) is 1. The highest BCUT2D eigenvalue weighted by Gasteiger charge is 2.06. The first-order chi connectivity index (χ1) is 9.45. The van der Waals surface area contributed by atoms with Gasteiger partial charge >= 0.3 is 5.97 Å². The Kier molecular flexibility index (Phi) is 4.14. The number of esters is 1. The fourth-order valence-corrected chi connectivity index (χ4v) is 1.95. The molecule has 1 aromatic heterocycles. The molecule has 1 heterocycles. The number of hydrogen-bond donors (Lipinski definition) is 0. The second-order valence-electron chi connectivity index (χ2n) is 4.07. The van der Waals surface area contributed by atoms with Crippen LogP contribution in [-0.2, 0) is 15.6 Å². The lowest BCUT2D eigenvalue weighted by atomic mass is 10.2. The van der Waals surface area contributed by atoms with Crippen molar-refractivity contribution in [1.29, 1.82) is 0 Å². The smallest absolute Gasteiger partial charge is 0.308 e. The topological polar surface area (TPSA) is 73.6 Å². The molecule has 5 nitrogen and oxygen atoms in total. The molecule has 20 heavy (non-hydrogen) atoms. The molecule has 0 saturated heterocycles. The third-order valence-corrected chi connectivity index (χ3v) is 2.92. The molecule has 0 N–H and O–H groups in total. The summed E-state index contributed by atoms with van der Waals surface area (Å²) < 4.78 is 21.4. The third-order valence-electron chi connectivity index (χ3n) is 2.40. The van der Waals surface area contributed by atoms with Gasteiger partial charge in [0.2, 0.25) is 0 Å². The van der Waals surface area contributed by atoms with E-state index in [2.05, 4.69) is 0 Å². The lowest BCUT2D eigenvalue weighted by molar-refractivity contribution is -0.131. The second-order valence-corrected chi connectivity index (χ2v) is 5.34. The summed E-state index contributed by atoms with van der Waals surface area (Å²) in [5.74, 6) is 0.145. The summed E-state index contributed by atoms with van der Waals surface area (Å²) in [4.78, 5) is 22.8. The molecule has 2 rings (SSSR count). The van der Waals surface area contributed by atoms with E-state index >= 15 is 0 Å². The summed E-state index contributed by atoms with van der Waals surface area (Å²) in [6.07, 6.45) is 3.00. The summed E-state index contributed by atoms with van der Waals surface area (Å²) in [5.41, 5.74) is 0.108. The molecule has 1 aromatic carbocycles. The van der Waals surface area contributed by atoms with Crippen molar-refractivity contribution in [3.05, 3.63) is 45.7 Å². The maximum Gasteiger partial charge on any atom is 0.308 e. The van der Waals surface area contributed by atoms with E-state index in [4.69, 9.17) is 9.15 Å². The van der Waals surface area contributed by atoms with Crippen molar-refractivity contribution in [2.24, 2.45) is 0 Å². The molecule has 104 valence electrons. The number of fused-ring (bicyclic) bond motifs is 1. The van der Waals surface area contributed by atoms with Gasteiger partial charge in [0.25, 0.3) is 0 Å². The Morgan fingerprint density at radius 2 is 2.10 bits per heavy atom. The van der Waals surface area contributed by atoms with Crippen molar-refractivity contribution in [2.75, 3.05) is 6.26 Å². The van der Waals surface area contributed by atoms with Crippen LogP contribution in [0.4, 0.5) is 0 Å². The Morgan fingerprint density at radius 3 is 2.75 bits per heavy atom. The minimum absolute atomic E-state index is 0.262. The lowest BCUT2D eigenvalue weighted by Gasteiger charge is -2.03.